The Hall–Kier alpha value is -1.78. The molecule has 0 aromatic heterocycles. The van der Waals surface area contributed by atoms with Crippen molar-refractivity contribution in [1.29, 1.82) is 0 Å². The molecule has 0 N–H and O–H groups in total. The molecule has 0 atom stereocenters. The molecule has 1 aliphatic heterocycles. The summed E-state index contributed by atoms with van der Waals surface area (Å²) in [6.07, 6.45) is 0.0849. The first-order valence-electron chi connectivity index (χ1n) is 3.72. The van der Waals surface area contributed by atoms with Crippen LogP contribution in [0.25, 0.3) is 0 Å². The number of benzene rings is 1. The van der Waals surface area contributed by atoms with E-state index < -0.39 is 13.3 Å². The molecule has 1 fully saturated rings. The van der Waals surface area contributed by atoms with Gasteiger partial charge in [0.1, 0.15) is 6.29 Å². The average Bonchev–Trinajstić information content (AvgIpc) is 2.13. The van der Waals surface area contributed by atoms with Crippen LogP contribution in [0.3, 0.4) is 0 Å². The summed E-state index contributed by atoms with van der Waals surface area (Å²) in [7, 11) is -0.604. The van der Waals surface area contributed by atoms with Gasteiger partial charge in [-0.3, -0.25) is 4.79 Å². The van der Waals surface area contributed by atoms with Gasteiger partial charge < -0.3 is 9.31 Å². The number of rotatable bonds is 2. The van der Waals surface area contributed by atoms with Crippen LogP contribution in [-0.4, -0.2) is 19.6 Å². The lowest BCUT2D eigenvalue weighted by atomic mass is 9.77. The summed E-state index contributed by atoms with van der Waals surface area (Å²) in [6.45, 7) is 0. The topological polar surface area (TPSA) is 52.6 Å². The van der Waals surface area contributed by atoms with E-state index in [0.29, 0.717) is 5.56 Å². The molecule has 1 aromatic carbocycles. The molecule has 0 saturated carbocycles. The molecule has 4 nitrogen and oxygen atoms in total. The van der Waals surface area contributed by atoms with Crippen LogP contribution in [0.5, 0.6) is 0 Å². The second-order valence-electron chi connectivity index (χ2n) is 2.60. The number of aldehydes is 1. The van der Waals surface area contributed by atoms with Crippen LogP contribution in [-0.2, 0) is 9.31 Å². The molecule has 0 amide bonds. The van der Waals surface area contributed by atoms with E-state index in [1.54, 1.807) is 24.3 Å². The maximum Gasteiger partial charge on any atom is 0.641 e. The molecule has 0 spiro atoms. The Morgan fingerprint density at radius 1 is 1.15 bits per heavy atom. The fraction of sp³-hybridized carbons (Fsp3) is 0. The Morgan fingerprint density at radius 2 is 1.77 bits per heavy atom. The zero-order valence-corrected chi connectivity index (χ0v) is 6.60. The monoisotopic (exact) mass is 176 g/mol. The number of hydrogen-bond donors (Lipinski definition) is 0. The standard InChI is InChI=1S/C8H5BO4/c10-5-6-1-3-7(4-2-6)9-12-8(11)13-9/h1-5H. The van der Waals surface area contributed by atoms with Gasteiger partial charge in [-0.05, 0) is 0 Å². The lowest BCUT2D eigenvalue weighted by Crippen LogP contribution is -2.49. The summed E-state index contributed by atoms with van der Waals surface area (Å²) >= 11 is 0. The number of carbonyl (C=O) groups excluding carboxylic acids is 2. The van der Waals surface area contributed by atoms with E-state index in [1.807, 2.05) is 0 Å². The highest BCUT2D eigenvalue weighted by Crippen LogP contribution is 2.06. The molecule has 5 heteroatoms. The Kier molecular flexibility index (Phi) is 1.77. The minimum absolute atomic E-state index is 0.578. The van der Waals surface area contributed by atoms with Crippen LogP contribution >= 0.6 is 0 Å². The molecule has 0 unspecified atom stereocenters. The largest absolute Gasteiger partial charge is 0.641 e. The normalized spacial score (nSPS) is 14.2. The summed E-state index contributed by atoms with van der Waals surface area (Å²) in [5, 5.41) is 0. The van der Waals surface area contributed by atoms with Crippen LogP contribution < -0.4 is 5.46 Å². The predicted molar refractivity (Wildman–Crippen MR) is 44.8 cm³/mol. The van der Waals surface area contributed by atoms with E-state index in [2.05, 4.69) is 9.31 Å². The Balaban J connectivity index is 2.14. The molecule has 2 rings (SSSR count). The van der Waals surface area contributed by atoms with Gasteiger partial charge in [-0.25, -0.2) is 4.79 Å². The molecule has 0 radical (unpaired) electrons. The summed E-state index contributed by atoms with van der Waals surface area (Å²) in [5.74, 6) is 0. The molecule has 1 aliphatic rings. The quantitative estimate of drug-likeness (QED) is 0.482. The van der Waals surface area contributed by atoms with Crippen molar-refractivity contribution < 1.29 is 18.9 Å². The fourth-order valence-corrected chi connectivity index (χ4v) is 1.05. The van der Waals surface area contributed by atoms with Crippen LogP contribution in [0.2, 0.25) is 0 Å². The Bertz CT molecular complexity index is 338. The van der Waals surface area contributed by atoms with E-state index in [-0.39, 0.29) is 0 Å². The molecular weight excluding hydrogens is 171 g/mol. The van der Waals surface area contributed by atoms with Crippen molar-refractivity contribution >= 4 is 25.0 Å². The third-order valence-corrected chi connectivity index (χ3v) is 1.75. The summed E-state index contributed by atoms with van der Waals surface area (Å²) in [6, 6.07) is 6.64. The molecule has 1 heterocycles. The van der Waals surface area contributed by atoms with Gasteiger partial charge in [-0.15, -0.1) is 0 Å². The first-order valence-corrected chi connectivity index (χ1v) is 3.72. The van der Waals surface area contributed by atoms with Crippen molar-refractivity contribution in [3.8, 4) is 0 Å². The highest BCUT2D eigenvalue weighted by atomic mass is 16.8. The number of carbonyl (C=O) groups is 2. The van der Waals surface area contributed by atoms with Crippen molar-refractivity contribution in [2.45, 2.75) is 0 Å². The fourth-order valence-electron chi connectivity index (χ4n) is 1.05. The van der Waals surface area contributed by atoms with Crippen molar-refractivity contribution in [3.05, 3.63) is 29.8 Å². The second kappa shape index (κ2) is 2.93. The molecular formula is C8H5BO4. The predicted octanol–water partition coefficient (Wildman–Crippen LogP) is 0.361. The van der Waals surface area contributed by atoms with Crippen LogP contribution in [0.1, 0.15) is 10.4 Å². The van der Waals surface area contributed by atoms with Crippen molar-refractivity contribution in [2.24, 2.45) is 0 Å². The van der Waals surface area contributed by atoms with Gasteiger partial charge in [-0.2, -0.15) is 0 Å². The van der Waals surface area contributed by atoms with Gasteiger partial charge in [-0.1, -0.05) is 24.3 Å². The van der Waals surface area contributed by atoms with Gasteiger partial charge in [0.25, 0.3) is 0 Å². The summed E-state index contributed by atoms with van der Waals surface area (Å²) < 4.78 is 9.30. The molecule has 1 saturated heterocycles. The minimum Gasteiger partial charge on any atom is -0.464 e. The molecule has 13 heavy (non-hydrogen) atoms. The van der Waals surface area contributed by atoms with Crippen LogP contribution in [0.4, 0.5) is 4.79 Å². The third kappa shape index (κ3) is 1.40. The number of hydrogen-bond acceptors (Lipinski definition) is 4. The smallest absolute Gasteiger partial charge is 0.464 e. The van der Waals surface area contributed by atoms with E-state index in [4.69, 9.17) is 0 Å². The van der Waals surface area contributed by atoms with Gasteiger partial charge in [0.05, 0.1) is 0 Å². The maximum absolute atomic E-state index is 10.3. The average molecular weight is 176 g/mol. The zero-order chi connectivity index (χ0) is 9.26. The van der Waals surface area contributed by atoms with E-state index in [1.165, 1.54) is 0 Å². The first kappa shape index (κ1) is 7.85. The SMILES string of the molecule is O=Cc1ccc(B2OC(=O)O2)cc1. The molecule has 64 valence electrons. The van der Waals surface area contributed by atoms with Gasteiger partial charge in [0.2, 0.25) is 0 Å². The van der Waals surface area contributed by atoms with Crippen molar-refractivity contribution in [1.82, 2.24) is 0 Å². The summed E-state index contributed by atoms with van der Waals surface area (Å²) in [5.41, 5.74) is 1.31. The Morgan fingerprint density at radius 3 is 2.23 bits per heavy atom. The lowest BCUT2D eigenvalue weighted by molar-refractivity contribution is 0.0944. The van der Waals surface area contributed by atoms with Gasteiger partial charge in [0, 0.05) is 11.0 Å². The minimum atomic E-state index is -0.663. The molecule has 1 aromatic rings. The highest BCUT2D eigenvalue weighted by Gasteiger charge is 2.40. The van der Waals surface area contributed by atoms with Gasteiger partial charge in [0.15, 0.2) is 0 Å². The maximum atomic E-state index is 10.3. The van der Waals surface area contributed by atoms with Crippen LogP contribution in [0, 0.1) is 0 Å². The lowest BCUT2D eigenvalue weighted by Gasteiger charge is -2.21. The molecule has 0 bridgehead atoms. The summed E-state index contributed by atoms with van der Waals surface area (Å²) in [4.78, 5) is 20.6. The highest BCUT2D eigenvalue weighted by molar-refractivity contribution is 6.67. The molecule has 0 aliphatic carbocycles. The van der Waals surface area contributed by atoms with Gasteiger partial charge >= 0.3 is 13.3 Å². The van der Waals surface area contributed by atoms with E-state index >= 15 is 0 Å². The third-order valence-electron chi connectivity index (χ3n) is 1.75. The van der Waals surface area contributed by atoms with Crippen molar-refractivity contribution in [2.75, 3.05) is 0 Å². The van der Waals surface area contributed by atoms with E-state index in [0.717, 1.165) is 11.7 Å². The zero-order valence-electron chi connectivity index (χ0n) is 6.60. The van der Waals surface area contributed by atoms with E-state index in [9.17, 15) is 9.59 Å². The first-order chi connectivity index (χ1) is 6.29. The van der Waals surface area contributed by atoms with Crippen LogP contribution in [0.15, 0.2) is 24.3 Å². The van der Waals surface area contributed by atoms with Crippen molar-refractivity contribution in [3.63, 3.8) is 0 Å². The Labute approximate surface area is 74.6 Å². The second-order valence-corrected chi connectivity index (χ2v) is 2.60.